The molecular formula is C24H29N3O. The molecule has 1 aliphatic rings. The highest BCUT2D eigenvalue weighted by Crippen LogP contribution is 2.19. The number of piperazine rings is 1. The van der Waals surface area contributed by atoms with E-state index in [-0.39, 0.29) is 6.61 Å². The Balaban J connectivity index is 1.37. The molecule has 0 aliphatic carbocycles. The third kappa shape index (κ3) is 4.76. The minimum absolute atomic E-state index is 0.252. The molecule has 0 spiro atoms. The zero-order chi connectivity index (χ0) is 19.2. The van der Waals surface area contributed by atoms with Gasteiger partial charge in [0.1, 0.15) is 0 Å². The predicted molar refractivity (Wildman–Crippen MR) is 114 cm³/mol. The second-order valence-electron chi connectivity index (χ2n) is 7.70. The van der Waals surface area contributed by atoms with Crippen LogP contribution in [0, 0.1) is 0 Å². The summed E-state index contributed by atoms with van der Waals surface area (Å²) >= 11 is 0. The molecule has 28 heavy (non-hydrogen) atoms. The second-order valence-corrected chi connectivity index (χ2v) is 7.70. The third-order valence-corrected chi connectivity index (χ3v) is 5.76. The zero-order valence-electron chi connectivity index (χ0n) is 16.4. The van der Waals surface area contributed by atoms with Gasteiger partial charge in [-0.05, 0) is 42.2 Å². The number of nitrogens with zero attached hydrogens (tertiary/aromatic N) is 3. The normalized spacial score (nSPS) is 18.5. The van der Waals surface area contributed by atoms with Crippen molar-refractivity contribution < 1.29 is 5.11 Å². The molecule has 4 rings (SSSR count). The molecule has 146 valence electrons. The highest BCUT2D eigenvalue weighted by atomic mass is 16.3. The first-order valence-electron chi connectivity index (χ1n) is 10.3. The minimum atomic E-state index is 0.252. The monoisotopic (exact) mass is 375 g/mol. The Morgan fingerprint density at radius 1 is 0.964 bits per heavy atom. The van der Waals surface area contributed by atoms with Crippen molar-refractivity contribution in [2.24, 2.45) is 0 Å². The Bertz CT molecular complexity index is 883. The Labute approximate surface area is 167 Å². The number of benzene rings is 2. The summed E-state index contributed by atoms with van der Waals surface area (Å²) < 4.78 is 0. The fraction of sp³-hybridized carbons (Fsp3) is 0.375. The van der Waals surface area contributed by atoms with E-state index in [0.717, 1.165) is 51.1 Å². The number of aliphatic hydroxyl groups excluding tert-OH is 1. The van der Waals surface area contributed by atoms with Crippen LogP contribution >= 0.6 is 0 Å². The lowest BCUT2D eigenvalue weighted by molar-refractivity contribution is 0.0562. The van der Waals surface area contributed by atoms with Gasteiger partial charge >= 0.3 is 0 Å². The molecule has 4 nitrogen and oxygen atoms in total. The van der Waals surface area contributed by atoms with E-state index in [0.29, 0.717) is 6.04 Å². The maximum absolute atomic E-state index is 9.56. The summed E-state index contributed by atoms with van der Waals surface area (Å²) in [5.74, 6) is 0. The zero-order valence-corrected chi connectivity index (χ0v) is 16.4. The van der Waals surface area contributed by atoms with E-state index in [2.05, 4.69) is 69.4 Å². The summed E-state index contributed by atoms with van der Waals surface area (Å²) in [6.45, 7) is 5.42. The quantitative estimate of drug-likeness (QED) is 0.687. The van der Waals surface area contributed by atoms with Gasteiger partial charge in [0.2, 0.25) is 0 Å². The molecule has 0 radical (unpaired) electrons. The van der Waals surface area contributed by atoms with Gasteiger partial charge in [0, 0.05) is 57.0 Å². The standard InChI is InChI=1S/C24H29N3O/c28-16-11-23-19-26(14-15-27(23)13-10-20-5-2-1-3-6-20)18-21-8-9-24-22(17-21)7-4-12-25-24/h1-9,12,17,23,28H,10-11,13-16,18-19H2. The van der Waals surface area contributed by atoms with Gasteiger partial charge in [0.05, 0.1) is 5.52 Å². The van der Waals surface area contributed by atoms with Gasteiger partial charge in [0.25, 0.3) is 0 Å². The number of hydrogen-bond donors (Lipinski definition) is 1. The number of fused-ring (bicyclic) bond motifs is 1. The third-order valence-electron chi connectivity index (χ3n) is 5.76. The van der Waals surface area contributed by atoms with E-state index in [9.17, 15) is 5.11 Å². The number of pyridine rings is 1. The molecule has 3 aromatic rings. The van der Waals surface area contributed by atoms with Gasteiger partial charge < -0.3 is 5.11 Å². The van der Waals surface area contributed by atoms with Crippen molar-refractivity contribution >= 4 is 10.9 Å². The van der Waals surface area contributed by atoms with E-state index in [1.807, 2.05) is 12.3 Å². The van der Waals surface area contributed by atoms with Crippen molar-refractivity contribution in [1.82, 2.24) is 14.8 Å². The van der Waals surface area contributed by atoms with E-state index in [1.165, 1.54) is 16.5 Å². The molecule has 1 saturated heterocycles. The first-order valence-corrected chi connectivity index (χ1v) is 10.3. The molecule has 1 unspecified atom stereocenters. The second kappa shape index (κ2) is 9.28. The van der Waals surface area contributed by atoms with Crippen LogP contribution in [0.5, 0.6) is 0 Å². The van der Waals surface area contributed by atoms with Crippen LogP contribution in [0.1, 0.15) is 17.5 Å². The molecule has 0 bridgehead atoms. The van der Waals surface area contributed by atoms with Crippen molar-refractivity contribution in [3.63, 3.8) is 0 Å². The Morgan fingerprint density at radius 3 is 2.71 bits per heavy atom. The molecule has 2 aromatic carbocycles. The van der Waals surface area contributed by atoms with Crippen LogP contribution in [-0.4, -0.2) is 58.7 Å². The minimum Gasteiger partial charge on any atom is -0.396 e. The van der Waals surface area contributed by atoms with E-state index >= 15 is 0 Å². The molecule has 1 atom stereocenters. The van der Waals surface area contributed by atoms with Crippen LogP contribution in [0.25, 0.3) is 10.9 Å². The van der Waals surface area contributed by atoms with Crippen molar-refractivity contribution in [3.05, 3.63) is 78.0 Å². The number of aromatic nitrogens is 1. The average Bonchev–Trinajstić information content (AvgIpc) is 2.74. The van der Waals surface area contributed by atoms with Gasteiger partial charge in [-0.1, -0.05) is 42.5 Å². The summed E-state index contributed by atoms with van der Waals surface area (Å²) in [4.78, 5) is 9.50. The Morgan fingerprint density at radius 2 is 1.86 bits per heavy atom. The smallest absolute Gasteiger partial charge is 0.0702 e. The van der Waals surface area contributed by atoms with Crippen molar-refractivity contribution in [2.75, 3.05) is 32.8 Å². The molecule has 1 N–H and O–H groups in total. The lowest BCUT2D eigenvalue weighted by Crippen LogP contribution is -2.53. The maximum Gasteiger partial charge on any atom is 0.0702 e. The maximum atomic E-state index is 9.56. The number of hydrogen-bond acceptors (Lipinski definition) is 4. The first kappa shape index (κ1) is 19.1. The van der Waals surface area contributed by atoms with Gasteiger partial charge in [-0.15, -0.1) is 0 Å². The first-order chi connectivity index (χ1) is 13.8. The molecule has 0 amide bonds. The topological polar surface area (TPSA) is 39.6 Å². The summed E-state index contributed by atoms with van der Waals surface area (Å²) in [7, 11) is 0. The van der Waals surface area contributed by atoms with Crippen LogP contribution in [-0.2, 0) is 13.0 Å². The lowest BCUT2D eigenvalue weighted by atomic mass is 10.1. The van der Waals surface area contributed by atoms with Gasteiger partial charge in [0.15, 0.2) is 0 Å². The van der Waals surface area contributed by atoms with Crippen molar-refractivity contribution in [2.45, 2.75) is 25.4 Å². The molecule has 1 aliphatic heterocycles. The van der Waals surface area contributed by atoms with Crippen LogP contribution in [0.2, 0.25) is 0 Å². The summed E-state index contributed by atoms with van der Waals surface area (Å²) in [5.41, 5.74) is 3.77. The van der Waals surface area contributed by atoms with Crippen LogP contribution in [0.15, 0.2) is 66.9 Å². The number of rotatable bonds is 7. The summed E-state index contributed by atoms with van der Waals surface area (Å²) in [6, 6.07) is 21.8. The fourth-order valence-corrected chi connectivity index (χ4v) is 4.22. The van der Waals surface area contributed by atoms with E-state index in [4.69, 9.17) is 0 Å². The summed E-state index contributed by atoms with van der Waals surface area (Å²) in [6.07, 6.45) is 3.75. The largest absolute Gasteiger partial charge is 0.396 e. The van der Waals surface area contributed by atoms with E-state index < -0.39 is 0 Å². The average molecular weight is 376 g/mol. The van der Waals surface area contributed by atoms with Crippen LogP contribution in [0.4, 0.5) is 0 Å². The molecule has 4 heteroatoms. The van der Waals surface area contributed by atoms with Crippen molar-refractivity contribution in [3.8, 4) is 0 Å². The highest BCUT2D eigenvalue weighted by Gasteiger charge is 2.26. The molecule has 1 aromatic heterocycles. The molecule has 1 fully saturated rings. The van der Waals surface area contributed by atoms with E-state index in [1.54, 1.807) is 0 Å². The van der Waals surface area contributed by atoms with Gasteiger partial charge in [-0.3, -0.25) is 14.8 Å². The van der Waals surface area contributed by atoms with Gasteiger partial charge in [-0.25, -0.2) is 0 Å². The Kier molecular flexibility index (Phi) is 6.32. The summed E-state index contributed by atoms with van der Waals surface area (Å²) in [5, 5.41) is 10.8. The number of aliphatic hydroxyl groups is 1. The van der Waals surface area contributed by atoms with Crippen LogP contribution < -0.4 is 0 Å². The van der Waals surface area contributed by atoms with Crippen molar-refractivity contribution in [1.29, 1.82) is 0 Å². The van der Waals surface area contributed by atoms with Gasteiger partial charge in [-0.2, -0.15) is 0 Å². The molecule has 0 saturated carbocycles. The molecular weight excluding hydrogens is 346 g/mol. The predicted octanol–water partition coefficient (Wildman–Crippen LogP) is 3.35. The molecule has 2 heterocycles. The van der Waals surface area contributed by atoms with Crippen LogP contribution in [0.3, 0.4) is 0 Å². The Hall–Kier alpha value is -2.27. The SMILES string of the molecule is OCCC1CN(Cc2ccc3ncccc3c2)CCN1CCc1ccccc1. The fourth-order valence-electron chi connectivity index (χ4n) is 4.22. The highest BCUT2D eigenvalue weighted by molar-refractivity contribution is 5.78. The lowest BCUT2D eigenvalue weighted by Gasteiger charge is -2.41.